The van der Waals surface area contributed by atoms with E-state index in [0.29, 0.717) is 18.6 Å². The van der Waals surface area contributed by atoms with E-state index in [1.807, 2.05) is 12.1 Å². The first-order chi connectivity index (χ1) is 19.9. The SMILES string of the molecule is CCc1ccc(C(=O)CCCN2CCC(OC(c3ccccc3)c3ccccc3)CC2)cc1.O=C(O)C=CC(=O)O. The molecule has 0 atom stereocenters. The molecule has 1 saturated heterocycles. The summed E-state index contributed by atoms with van der Waals surface area (Å²) < 4.78 is 6.65. The molecule has 1 aliphatic heterocycles. The largest absolute Gasteiger partial charge is 0.478 e. The summed E-state index contributed by atoms with van der Waals surface area (Å²) in [6.07, 6.45) is 5.94. The van der Waals surface area contributed by atoms with Gasteiger partial charge < -0.3 is 19.8 Å². The van der Waals surface area contributed by atoms with Gasteiger partial charge in [0, 0.05) is 37.2 Å². The van der Waals surface area contributed by atoms with E-state index in [4.69, 9.17) is 14.9 Å². The van der Waals surface area contributed by atoms with Crippen LogP contribution in [0.3, 0.4) is 0 Å². The number of carbonyl (C=O) groups excluding carboxylic acids is 1. The molecule has 1 fully saturated rings. The Bertz CT molecular complexity index is 1190. The van der Waals surface area contributed by atoms with E-state index in [0.717, 1.165) is 50.9 Å². The maximum atomic E-state index is 12.5. The number of carboxylic acids is 2. The molecule has 4 rings (SSSR count). The van der Waals surface area contributed by atoms with Crippen molar-refractivity contribution in [3.05, 3.63) is 119 Å². The maximum Gasteiger partial charge on any atom is 0.328 e. The fraction of sp³-hybridized carbons (Fsp3) is 0.324. The highest BCUT2D eigenvalue weighted by atomic mass is 16.5. The molecule has 0 saturated carbocycles. The number of ketones is 1. The molecule has 3 aromatic carbocycles. The molecular formula is C34H39NO6. The average molecular weight is 558 g/mol. The number of ether oxygens (including phenoxy) is 1. The number of hydrogen-bond acceptors (Lipinski definition) is 5. The Morgan fingerprint density at radius 1 is 0.829 bits per heavy atom. The zero-order valence-electron chi connectivity index (χ0n) is 23.5. The monoisotopic (exact) mass is 557 g/mol. The Labute approximate surface area is 242 Å². The first-order valence-corrected chi connectivity index (χ1v) is 14.1. The first-order valence-electron chi connectivity index (χ1n) is 14.1. The summed E-state index contributed by atoms with van der Waals surface area (Å²) in [6, 6.07) is 29.1. The lowest BCUT2D eigenvalue weighted by molar-refractivity contribution is -0.134. The van der Waals surface area contributed by atoms with Crippen molar-refractivity contribution in [3.63, 3.8) is 0 Å². The molecule has 0 spiro atoms. The van der Waals surface area contributed by atoms with Gasteiger partial charge in [-0.2, -0.15) is 0 Å². The molecule has 0 amide bonds. The van der Waals surface area contributed by atoms with Gasteiger partial charge in [0.2, 0.25) is 0 Å². The predicted octanol–water partition coefficient (Wildman–Crippen LogP) is 6.19. The van der Waals surface area contributed by atoms with Crippen molar-refractivity contribution in [1.82, 2.24) is 4.90 Å². The summed E-state index contributed by atoms with van der Waals surface area (Å²) in [5.74, 6) is -2.26. The first kappa shape index (κ1) is 31.5. The number of piperidine rings is 1. The summed E-state index contributed by atoms with van der Waals surface area (Å²) in [5, 5.41) is 15.6. The molecule has 7 heteroatoms. The lowest BCUT2D eigenvalue weighted by Gasteiger charge is -2.34. The van der Waals surface area contributed by atoms with Crippen molar-refractivity contribution >= 4 is 17.7 Å². The Hall–Kier alpha value is -4.07. The fourth-order valence-corrected chi connectivity index (χ4v) is 4.74. The van der Waals surface area contributed by atoms with Crippen molar-refractivity contribution in [2.45, 2.75) is 51.2 Å². The number of nitrogens with zero attached hydrogens (tertiary/aromatic N) is 1. The molecular weight excluding hydrogens is 518 g/mol. The van der Waals surface area contributed by atoms with Crippen molar-refractivity contribution in [2.24, 2.45) is 0 Å². The Balaban J connectivity index is 0.000000507. The summed E-state index contributed by atoms with van der Waals surface area (Å²) in [6.45, 7) is 5.17. The molecule has 7 nitrogen and oxygen atoms in total. The van der Waals surface area contributed by atoms with Gasteiger partial charge in [0.1, 0.15) is 6.10 Å². The maximum absolute atomic E-state index is 12.5. The second-order valence-electron chi connectivity index (χ2n) is 9.97. The van der Waals surface area contributed by atoms with Crippen LogP contribution in [0.1, 0.15) is 65.8 Å². The van der Waals surface area contributed by atoms with Gasteiger partial charge in [0.25, 0.3) is 0 Å². The zero-order valence-corrected chi connectivity index (χ0v) is 23.5. The highest BCUT2D eigenvalue weighted by Gasteiger charge is 2.24. The van der Waals surface area contributed by atoms with Crippen molar-refractivity contribution in [2.75, 3.05) is 19.6 Å². The molecule has 0 radical (unpaired) electrons. The number of carboxylic acid groups (broad SMARTS) is 2. The van der Waals surface area contributed by atoms with E-state index < -0.39 is 11.9 Å². The van der Waals surface area contributed by atoms with Gasteiger partial charge in [0.05, 0.1) is 6.10 Å². The van der Waals surface area contributed by atoms with Gasteiger partial charge in [-0.1, -0.05) is 91.9 Å². The van der Waals surface area contributed by atoms with Crippen LogP contribution < -0.4 is 0 Å². The van der Waals surface area contributed by atoms with Crippen molar-refractivity contribution in [3.8, 4) is 0 Å². The Kier molecular flexibility index (Phi) is 13.0. The minimum Gasteiger partial charge on any atom is -0.478 e. The van der Waals surface area contributed by atoms with Crippen LogP contribution in [0.2, 0.25) is 0 Å². The van der Waals surface area contributed by atoms with Gasteiger partial charge in [-0.15, -0.1) is 0 Å². The van der Waals surface area contributed by atoms with Crippen LogP contribution in [0.25, 0.3) is 0 Å². The van der Waals surface area contributed by atoms with Crippen LogP contribution in [0, 0.1) is 0 Å². The van der Waals surface area contributed by atoms with Crippen LogP contribution in [0.5, 0.6) is 0 Å². The minimum absolute atomic E-state index is 0.0272. The van der Waals surface area contributed by atoms with E-state index in [1.54, 1.807) is 0 Å². The number of Topliss-reactive ketones (excluding diaryl/α,β-unsaturated/α-hetero) is 1. The second kappa shape index (κ2) is 16.9. The molecule has 3 aromatic rings. The van der Waals surface area contributed by atoms with E-state index >= 15 is 0 Å². The lowest BCUT2D eigenvalue weighted by atomic mass is 10.00. The van der Waals surface area contributed by atoms with Gasteiger partial charge in [-0.3, -0.25) is 4.79 Å². The molecule has 2 N–H and O–H groups in total. The van der Waals surface area contributed by atoms with Gasteiger partial charge in [0.15, 0.2) is 5.78 Å². The van der Waals surface area contributed by atoms with E-state index in [9.17, 15) is 14.4 Å². The fourth-order valence-electron chi connectivity index (χ4n) is 4.74. The number of benzene rings is 3. The normalized spacial score (nSPS) is 14.0. The average Bonchev–Trinajstić information content (AvgIpc) is 3.00. The van der Waals surface area contributed by atoms with Gasteiger partial charge >= 0.3 is 11.9 Å². The Morgan fingerprint density at radius 3 is 1.80 bits per heavy atom. The molecule has 0 unspecified atom stereocenters. The number of rotatable bonds is 12. The number of carbonyl (C=O) groups is 3. The standard InChI is InChI=1S/C30H35NO2.C4H4O4/c1-2-24-15-17-25(18-16-24)29(32)14-9-21-31-22-19-28(20-23-31)33-30(26-10-5-3-6-11-26)27-12-7-4-8-13-27;5-3(6)1-2-4(7)8/h3-8,10-13,15-18,28,30H,2,9,14,19-23H2,1H3;1-2H,(H,5,6)(H,7,8). The highest BCUT2D eigenvalue weighted by molar-refractivity contribution is 5.96. The summed E-state index contributed by atoms with van der Waals surface area (Å²) in [4.78, 5) is 34.1. The molecule has 0 aromatic heterocycles. The lowest BCUT2D eigenvalue weighted by Crippen LogP contribution is -2.38. The molecule has 0 aliphatic carbocycles. The summed E-state index contributed by atoms with van der Waals surface area (Å²) in [7, 11) is 0. The van der Waals surface area contributed by atoms with Crippen LogP contribution >= 0.6 is 0 Å². The molecule has 1 aliphatic rings. The third kappa shape index (κ3) is 11.1. The van der Waals surface area contributed by atoms with E-state index in [2.05, 4.69) is 84.6 Å². The van der Waals surface area contributed by atoms with Crippen LogP contribution in [-0.4, -0.2) is 58.6 Å². The van der Waals surface area contributed by atoms with Gasteiger partial charge in [-0.25, -0.2) is 9.59 Å². The van der Waals surface area contributed by atoms with Crippen LogP contribution in [0.4, 0.5) is 0 Å². The quantitative estimate of drug-likeness (QED) is 0.202. The van der Waals surface area contributed by atoms with E-state index in [1.165, 1.54) is 16.7 Å². The molecule has 1 heterocycles. The second-order valence-corrected chi connectivity index (χ2v) is 9.97. The molecule has 0 bridgehead atoms. The summed E-state index contributed by atoms with van der Waals surface area (Å²) in [5.41, 5.74) is 4.53. The predicted molar refractivity (Wildman–Crippen MR) is 159 cm³/mol. The topological polar surface area (TPSA) is 104 Å². The van der Waals surface area contributed by atoms with Crippen LogP contribution in [0.15, 0.2) is 97.1 Å². The third-order valence-corrected chi connectivity index (χ3v) is 7.00. The number of aryl methyl sites for hydroxylation is 1. The summed E-state index contributed by atoms with van der Waals surface area (Å²) >= 11 is 0. The van der Waals surface area contributed by atoms with E-state index in [-0.39, 0.29) is 18.0 Å². The molecule has 216 valence electrons. The van der Waals surface area contributed by atoms with Crippen LogP contribution in [-0.2, 0) is 20.7 Å². The molecule has 41 heavy (non-hydrogen) atoms. The van der Waals surface area contributed by atoms with Crippen molar-refractivity contribution in [1.29, 1.82) is 0 Å². The van der Waals surface area contributed by atoms with Crippen molar-refractivity contribution < 1.29 is 29.3 Å². The Morgan fingerprint density at radius 2 is 1.34 bits per heavy atom. The minimum atomic E-state index is -1.26. The number of aliphatic carboxylic acids is 2. The van der Waals surface area contributed by atoms with Gasteiger partial charge in [-0.05, 0) is 48.9 Å². The third-order valence-electron chi connectivity index (χ3n) is 7.00. The number of hydrogen-bond donors (Lipinski definition) is 2. The smallest absolute Gasteiger partial charge is 0.328 e. The number of likely N-dealkylation sites (tertiary alicyclic amines) is 1. The zero-order chi connectivity index (χ0) is 29.5. The highest BCUT2D eigenvalue weighted by Crippen LogP contribution is 2.30.